The standard InChI is InChI=1S/C3H3B2P/c1-2-4-5-6-3-1/h1-3H. The van der Waals surface area contributed by atoms with E-state index in [-0.39, 0.29) is 0 Å². The predicted molar refractivity (Wildman–Crippen MR) is 31.6 cm³/mol. The average Bonchev–Trinajstić information content (AvgIpc) is 1.72. The van der Waals surface area contributed by atoms with Crippen LogP contribution in [0.3, 0.4) is 0 Å². The molecule has 1 heterocycles. The number of hydrogen-bond donors (Lipinski definition) is 0. The summed E-state index contributed by atoms with van der Waals surface area (Å²) in [4.78, 5) is 0. The SMILES string of the molecule is b1bpccc1. The average molecular weight is 91.7 g/mol. The number of rotatable bonds is 0. The first-order valence-electron chi connectivity index (χ1n) is 1.85. The molecule has 6 heavy (non-hydrogen) atoms. The first kappa shape index (κ1) is 4.21. The van der Waals surface area contributed by atoms with Crippen LogP contribution in [-0.2, 0) is 0 Å². The Labute approximate surface area is 40.1 Å². The quantitative estimate of drug-likeness (QED) is 0.446. The zero-order valence-corrected chi connectivity index (χ0v) is 4.23. The summed E-state index contributed by atoms with van der Waals surface area (Å²) < 4.78 is 0. The molecule has 0 aromatic carbocycles. The third kappa shape index (κ3) is 1.02. The molecule has 0 amide bonds. The summed E-state index contributed by atoms with van der Waals surface area (Å²) in [6.45, 7) is 4.14. The fourth-order valence-corrected chi connectivity index (χ4v) is 0.810. The molecule has 0 N–H and O–H groups in total. The van der Waals surface area contributed by atoms with Crippen LogP contribution in [0.15, 0.2) is 17.8 Å². The van der Waals surface area contributed by atoms with Crippen molar-refractivity contribution in [2.45, 2.75) is 0 Å². The predicted octanol–water partition coefficient (Wildman–Crippen LogP) is 0.943. The van der Waals surface area contributed by atoms with Gasteiger partial charge in [0.25, 0.3) is 0 Å². The van der Waals surface area contributed by atoms with Gasteiger partial charge in [-0.25, -0.2) is 0 Å². The van der Waals surface area contributed by atoms with Crippen LogP contribution in [0.2, 0.25) is 0 Å². The number of hydrogen-bond acceptors (Lipinski definition) is 0. The molecule has 0 fully saturated rings. The van der Waals surface area contributed by atoms with Gasteiger partial charge in [0.1, 0.15) is 0 Å². The van der Waals surface area contributed by atoms with Gasteiger partial charge in [-0.3, -0.25) is 0 Å². The summed E-state index contributed by atoms with van der Waals surface area (Å²) in [6, 6.07) is 2.04. The van der Waals surface area contributed by atoms with Crippen LogP contribution in [0.5, 0.6) is 0 Å². The molecular weight excluding hydrogens is 88.6 g/mol. The van der Waals surface area contributed by atoms with Gasteiger partial charge in [-0.1, -0.05) is 0 Å². The van der Waals surface area contributed by atoms with Gasteiger partial charge in [-0.15, -0.1) is 0 Å². The van der Waals surface area contributed by atoms with E-state index in [1.54, 1.807) is 0 Å². The van der Waals surface area contributed by atoms with Gasteiger partial charge in [0.15, 0.2) is 0 Å². The molecule has 0 nitrogen and oxygen atoms in total. The van der Waals surface area contributed by atoms with Gasteiger partial charge >= 0.3 is 39.2 Å². The van der Waals surface area contributed by atoms with E-state index in [1.807, 2.05) is 18.8 Å². The molecule has 0 bridgehead atoms. The van der Waals surface area contributed by atoms with Crippen molar-refractivity contribution in [1.82, 2.24) is 0 Å². The minimum absolute atomic E-state index is 1.31. The van der Waals surface area contributed by atoms with Crippen molar-refractivity contribution in [1.29, 1.82) is 0 Å². The summed E-state index contributed by atoms with van der Waals surface area (Å²) in [6.07, 6.45) is 0. The van der Waals surface area contributed by atoms with Crippen molar-refractivity contribution in [2.75, 3.05) is 0 Å². The Morgan fingerprint density at radius 2 is 2.50 bits per heavy atom. The molecule has 3 heteroatoms. The molecule has 1 aromatic heterocycles. The molecule has 0 aliphatic heterocycles. The van der Waals surface area contributed by atoms with E-state index in [2.05, 4.69) is 12.3 Å². The van der Waals surface area contributed by atoms with E-state index >= 15 is 0 Å². The van der Waals surface area contributed by atoms with Crippen molar-refractivity contribution in [2.24, 2.45) is 0 Å². The maximum atomic E-state index is 2.10. The van der Waals surface area contributed by atoms with Crippen LogP contribution >= 0.6 is 8.07 Å². The molecule has 0 unspecified atom stereocenters. The Balaban J connectivity index is 3.00. The fraction of sp³-hybridized carbons (Fsp3) is 0. The summed E-state index contributed by atoms with van der Waals surface area (Å²) >= 11 is 0. The molecule has 0 aliphatic rings. The van der Waals surface area contributed by atoms with Crippen LogP contribution in [0.25, 0.3) is 0 Å². The van der Waals surface area contributed by atoms with Crippen LogP contribution < -0.4 is 0 Å². The monoisotopic (exact) mass is 92.0 g/mol. The van der Waals surface area contributed by atoms with Gasteiger partial charge in [0.2, 0.25) is 0 Å². The Morgan fingerprint density at radius 3 is 2.67 bits per heavy atom. The summed E-state index contributed by atoms with van der Waals surface area (Å²) in [7, 11) is 1.31. The molecule has 0 aliphatic carbocycles. The van der Waals surface area contributed by atoms with Crippen molar-refractivity contribution < 1.29 is 0 Å². The van der Waals surface area contributed by atoms with Gasteiger partial charge in [0.05, 0.1) is 0 Å². The fourth-order valence-electron chi connectivity index (χ4n) is 0.313. The van der Waals surface area contributed by atoms with Crippen molar-refractivity contribution in [3.05, 3.63) is 17.8 Å². The van der Waals surface area contributed by atoms with Crippen molar-refractivity contribution in [3.8, 4) is 0 Å². The third-order valence-electron chi connectivity index (χ3n) is 0.566. The van der Waals surface area contributed by atoms with Crippen LogP contribution in [0, 0.1) is 0 Å². The van der Waals surface area contributed by atoms with Gasteiger partial charge in [-0.05, 0) is 0 Å². The minimum atomic E-state index is 1.31. The molecule has 0 radical (unpaired) electrons. The topological polar surface area (TPSA) is 0 Å². The maximum absolute atomic E-state index is 2.10. The normalized spacial score (nSPS) is 8.00. The van der Waals surface area contributed by atoms with Gasteiger partial charge < -0.3 is 0 Å². The summed E-state index contributed by atoms with van der Waals surface area (Å²) in [5.74, 6) is 4.12. The van der Waals surface area contributed by atoms with E-state index in [1.165, 1.54) is 8.07 Å². The first-order valence-corrected chi connectivity index (χ1v) is 2.88. The first-order chi connectivity index (χ1) is 3.00. The van der Waals surface area contributed by atoms with Crippen molar-refractivity contribution >= 4 is 21.4 Å². The molecule has 0 spiro atoms. The molecular formula is C3H3B2P. The Hall–Kier alpha value is 0.0399. The molecule has 0 atom stereocenters. The zero-order chi connectivity index (χ0) is 4.24. The Kier molecular flexibility index (Phi) is 1.58. The zero-order valence-electron chi connectivity index (χ0n) is 3.33. The second kappa shape index (κ2) is 2.25. The second-order valence-electron chi connectivity index (χ2n) is 1.02. The van der Waals surface area contributed by atoms with E-state index < -0.39 is 0 Å². The second-order valence-corrected chi connectivity index (χ2v) is 1.92. The van der Waals surface area contributed by atoms with Crippen molar-refractivity contribution in [3.63, 3.8) is 0 Å². The van der Waals surface area contributed by atoms with Gasteiger partial charge in [0, 0.05) is 0 Å². The molecule has 26 valence electrons. The van der Waals surface area contributed by atoms with E-state index in [0.29, 0.717) is 0 Å². The molecule has 1 aromatic rings. The van der Waals surface area contributed by atoms with E-state index in [4.69, 9.17) is 0 Å². The summed E-state index contributed by atoms with van der Waals surface area (Å²) in [5, 5.41) is 0. The Morgan fingerprint density at radius 1 is 1.50 bits per heavy atom. The Bertz CT molecular complexity index is 80.7. The summed E-state index contributed by atoms with van der Waals surface area (Å²) in [5.41, 5.74) is 0. The molecule has 0 saturated heterocycles. The molecule has 0 saturated carbocycles. The van der Waals surface area contributed by atoms with E-state index in [0.717, 1.165) is 0 Å². The van der Waals surface area contributed by atoms with Crippen LogP contribution in [0.1, 0.15) is 0 Å². The molecule has 1 rings (SSSR count). The van der Waals surface area contributed by atoms with E-state index in [9.17, 15) is 0 Å². The van der Waals surface area contributed by atoms with Gasteiger partial charge in [-0.2, -0.15) is 0 Å². The van der Waals surface area contributed by atoms with Crippen LogP contribution in [-0.4, -0.2) is 13.3 Å². The third-order valence-corrected chi connectivity index (χ3v) is 1.26. The van der Waals surface area contributed by atoms with Crippen LogP contribution in [0.4, 0.5) is 0 Å².